The molecule has 5 heteroatoms. The Balaban J connectivity index is 1.91. The van der Waals surface area contributed by atoms with Crippen LogP contribution in [0.2, 0.25) is 0 Å². The highest BCUT2D eigenvalue weighted by Crippen LogP contribution is 2.18. The van der Waals surface area contributed by atoms with E-state index in [1.165, 1.54) is 5.56 Å². The Bertz CT molecular complexity index is 669. The summed E-state index contributed by atoms with van der Waals surface area (Å²) in [5, 5.41) is 5.50. The lowest BCUT2D eigenvalue weighted by Gasteiger charge is -2.16. The molecule has 0 radical (unpaired) electrons. The van der Waals surface area contributed by atoms with Crippen molar-refractivity contribution in [1.82, 2.24) is 10.6 Å². The SMILES string of the molecule is CC[C@@H](CNC(=O)c1ccc(CNC(N)=O)cc1)c1ccccc1. The third-order valence-corrected chi connectivity index (χ3v) is 3.96. The van der Waals surface area contributed by atoms with Crippen molar-refractivity contribution in [1.29, 1.82) is 0 Å². The molecule has 0 aromatic heterocycles. The largest absolute Gasteiger partial charge is 0.352 e. The van der Waals surface area contributed by atoms with Crippen molar-refractivity contribution in [3.63, 3.8) is 0 Å². The van der Waals surface area contributed by atoms with E-state index in [9.17, 15) is 9.59 Å². The maximum Gasteiger partial charge on any atom is 0.312 e. The summed E-state index contributed by atoms with van der Waals surface area (Å²) in [4.78, 5) is 23.0. The van der Waals surface area contributed by atoms with Crippen LogP contribution in [0.4, 0.5) is 4.79 Å². The highest BCUT2D eigenvalue weighted by atomic mass is 16.2. The third-order valence-electron chi connectivity index (χ3n) is 3.96. The number of amides is 3. The van der Waals surface area contributed by atoms with E-state index < -0.39 is 6.03 Å². The molecule has 0 saturated heterocycles. The van der Waals surface area contributed by atoms with E-state index in [1.807, 2.05) is 18.2 Å². The second-order valence-corrected chi connectivity index (χ2v) is 5.64. The van der Waals surface area contributed by atoms with Gasteiger partial charge in [-0.25, -0.2) is 4.79 Å². The molecule has 2 aromatic carbocycles. The molecule has 5 nitrogen and oxygen atoms in total. The Morgan fingerprint density at radius 3 is 2.25 bits per heavy atom. The Morgan fingerprint density at radius 1 is 1.00 bits per heavy atom. The predicted octanol–water partition coefficient (Wildman–Crippen LogP) is 2.78. The molecule has 126 valence electrons. The topological polar surface area (TPSA) is 84.2 Å². The van der Waals surface area contributed by atoms with Crippen molar-refractivity contribution in [2.24, 2.45) is 5.73 Å². The Morgan fingerprint density at radius 2 is 1.67 bits per heavy atom. The van der Waals surface area contributed by atoms with Crippen LogP contribution in [0.25, 0.3) is 0 Å². The lowest BCUT2D eigenvalue weighted by molar-refractivity contribution is 0.0951. The molecular formula is C19H23N3O2. The van der Waals surface area contributed by atoms with Crippen LogP contribution < -0.4 is 16.4 Å². The van der Waals surface area contributed by atoms with Gasteiger partial charge in [0.05, 0.1) is 0 Å². The van der Waals surface area contributed by atoms with Crippen LogP contribution in [-0.4, -0.2) is 18.5 Å². The van der Waals surface area contributed by atoms with Crippen molar-refractivity contribution in [2.45, 2.75) is 25.8 Å². The standard InChI is InChI=1S/C19H23N3O2/c1-2-15(16-6-4-3-5-7-16)13-21-18(23)17-10-8-14(9-11-17)12-22-19(20)24/h3-11,15H,2,12-13H2,1H3,(H,21,23)(H3,20,22,24)/t15-/m0/s1. The summed E-state index contributed by atoms with van der Waals surface area (Å²) >= 11 is 0. The fraction of sp³-hybridized carbons (Fsp3) is 0.263. The monoisotopic (exact) mass is 325 g/mol. The van der Waals surface area contributed by atoms with E-state index >= 15 is 0 Å². The van der Waals surface area contributed by atoms with Crippen molar-refractivity contribution in [3.05, 3.63) is 71.3 Å². The molecule has 0 heterocycles. The van der Waals surface area contributed by atoms with Gasteiger partial charge in [-0.05, 0) is 29.7 Å². The first kappa shape index (κ1) is 17.5. The number of rotatable bonds is 7. The summed E-state index contributed by atoms with van der Waals surface area (Å²) < 4.78 is 0. The van der Waals surface area contributed by atoms with E-state index in [4.69, 9.17) is 5.73 Å². The van der Waals surface area contributed by atoms with Gasteiger partial charge < -0.3 is 16.4 Å². The van der Waals surface area contributed by atoms with Gasteiger partial charge in [-0.3, -0.25) is 4.79 Å². The second kappa shape index (κ2) is 8.72. The number of urea groups is 1. The van der Waals surface area contributed by atoms with Crippen LogP contribution in [0.1, 0.15) is 40.7 Å². The molecule has 0 bridgehead atoms. The minimum absolute atomic E-state index is 0.0983. The number of nitrogens with one attached hydrogen (secondary N) is 2. The molecule has 0 aliphatic rings. The minimum atomic E-state index is -0.566. The van der Waals surface area contributed by atoms with E-state index in [-0.39, 0.29) is 5.91 Å². The first-order chi connectivity index (χ1) is 11.6. The van der Waals surface area contributed by atoms with Gasteiger partial charge in [0.25, 0.3) is 5.91 Å². The molecule has 4 N–H and O–H groups in total. The molecule has 0 fully saturated rings. The van der Waals surface area contributed by atoms with Gasteiger partial charge in [0, 0.05) is 24.6 Å². The van der Waals surface area contributed by atoms with Crippen LogP contribution in [-0.2, 0) is 6.54 Å². The normalized spacial score (nSPS) is 11.5. The molecule has 0 aliphatic carbocycles. The predicted molar refractivity (Wildman–Crippen MR) is 94.7 cm³/mol. The summed E-state index contributed by atoms with van der Waals surface area (Å²) in [6.07, 6.45) is 0.960. The Kier molecular flexibility index (Phi) is 6.37. The zero-order chi connectivity index (χ0) is 17.4. The van der Waals surface area contributed by atoms with Gasteiger partial charge in [-0.1, -0.05) is 49.4 Å². The summed E-state index contributed by atoms with van der Waals surface area (Å²) in [6.45, 7) is 3.07. The average molecular weight is 325 g/mol. The maximum absolute atomic E-state index is 12.3. The van der Waals surface area contributed by atoms with Crippen molar-refractivity contribution in [3.8, 4) is 0 Å². The van der Waals surface area contributed by atoms with Crippen LogP contribution >= 0.6 is 0 Å². The molecule has 0 saturated carbocycles. The van der Waals surface area contributed by atoms with Gasteiger partial charge >= 0.3 is 6.03 Å². The zero-order valence-corrected chi connectivity index (χ0v) is 13.8. The molecular weight excluding hydrogens is 302 g/mol. The number of carbonyl (C=O) groups is 2. The van der Waals surface area contributed by atoms with Gasteiger partial charge in [0.15, 0.2) is 0 Å². The smallest absolute Gasteiger partial charge is 0.312 e. The highest BCUT2D eigenvalue weighted by Gasteiger charge is 2.12. The molecule has 3 amide bonds. The van der Waals surface area contributed by atoms with Crippen LogP contribution in [0.5, 0.6) is 0 Å². The molecule has 24 heavy (non-hydrogen) atoms. The first-order valence-corrected chi connectivity index (χ1v) is 8.05. The number of primary amides is 1. The fourth-order valence-corrected chi connectivity index (χ4v) is 2.50. The molecule has 0 aliphatic heterocycles. The van der Waals surface area contributed by atoms with Gasteiger partial charge in [-0.15, -0.1) is 0 Å². The summed E-state index contributed by atoms with van der Waals surface area (Å²) in [5.74, 6) is 0.202. The van der Waals surface area contributed by atoms with E-state index in [1.54, 1.807) is 24.3 Å². The third kappa shape index (κ3) is 5.12. The van der Waals surface area contributed by atoms with Crippen molar-refractivity contribution >= 4 is 11.9 Å². The summed E-state index contributed by atoms with van der Waals surface area (Å²) in [6, 6.07) is 16.7. The van der Waals surface area contributed by atoms with Gasteiger partial charge in [0.2, 0.25) is 0 Å². The number of hydrogen-bond acceptors (Lipinski definition) is 2. The van der Waals surface area contributed by atoms with E-state index in [0.29, 0.717) is 24.6 Å². The molecule has 1 atom stereocenters. The maximum atomic E-state index is 12.3. The Hall–Kier alpha value is -2.82. The van der Waals surface area contributed by atoms with Crippen molar-refractivity contribution < 1.29 is 9.59 Å². The lowest BCUT2D eigenvalue weighted by atomic mass is 9.96. The van der Waals surface area contributed by atoms with E-state index in [2.05, 4.69) is 29.7 Å². The number of benzene rings is 2. The van der Waals surface area contributed by atoms with Crippen molar-refractivity contribution in [2.75, 3.05) is 6.54 Å². The number of nitrogens with two attached hydrogens (primary N) is 1. The lowest BCUT2D eigenvalue weighted by Crippen LogP contribution is -2.29. The van der Waals surface area contributed by atoms with Gasteiger partial charge in [-0.2, -0.15) is 0 Å². The number of hydrogen-bond donors (Lipinski definition) is 3. The van der Waals surface area contributed by atoms with Crippen LogP contribution in [0.3, 0.4) is 0 Å². The first-order valence-electron chi connectivity index (χ1n) is 8.05. The fourth-order valence-electron chi connectivity index (χ4n) is 2.50. The minimum Gasteiger partial charge on any atom is -0.352 e. The Labute approximate surface area is 142 Å². The second-order valence-electron chi connectivity index (χ2n) is 5.64. The molecule has 2 aromatic rings. The summed E-state index contributed by atoms with van der Waals surface area (Å²) in [7, 11) is 0. The van der Waals surface area contributed by atoms with E-state index in [0.717, 1.165) is 12.0 Å². The molecule has 2 rings (SSSR count). The quantitative estimate of drug-likeness (QED) is 0.731. The number of carbonyl (C=O) groups excluding carboxylic acids is 2. The van der Waals surface area contributed by atoms with Crippen LogP contribution in [0.15, 0.2) is 54.6 Å². The molecule has 0 unspecified atom stereocenters. The zero-order valence-electron chi connectivity index (χ0n) is 13.8. The van der Waals surface area contributed by atoms with Gasteiger partial charge in [0.1, 0.15) is 0 Å². The molecule has 0 spiro atoms. The van der Waals surface area contributed by atoms with Crippen LogP contribution in [0, 0.1) is 0 Å². The highest BCUT2D eigenvalue weighted by molar-refractivity contribution is 5.94. The average Bonchev–Trinajstić information content (AvgIpc) is 2.61. The summed E-state index contributed by atoms with van der Waals surface area (Å²) in [5.41, 5.74) is 7.75.